The van der Waals surface area contributed by atoms with E-state index in [1.165, 1.54) is 5.56 Å². The summed E-state index contributed by atoms with van der Waals surface area (Å²) in [4.78, 5) is 23.5. The van der Waals surface area contributed by atoms with E-state index in [1.54, 1.807) is 0 Å². The molecule has 24 heavy (non-hydrogen) atoms. The third-order valence-corrected chi connectivity index (χ3v) is 3.85. The van der Waals surface area contributed by atoms with Crippen LogP contribution in [-0.4, -0.2) is 18.4 Å². The maximum atomic E-state index is 11.8. The molecule has 2 N–H and O–H groups in total. The number of hydrogen-bond acceptors (Lipinski definition) is 3. The molecule has 0 unspecified atom stereocenters. The lowest BCUT2D eigenvalue weighted by Gasteiger charge is -2.09. The van der Waals surface area contributed by atoms with Crippen molar-refractivity contribution in [3.63, 3.8) is 0 Å². The molecular weight excluding hydrogens is 372 g/mol. The van der Waals surface area contributed by atoms with E-state index in [9.17, 15) is 9.59 Å². The first-order chi connectivity index (χ1) is 11.6. The SMILES string of the molecule is CCc1ccc(OCC(=O)NNC(=O)Cc2ccc(Br)cc2)cc1. The molecule has 0 radical (unpaired) electrons. The minimum atomic E-state index is -0.418. The minimum absolute atomic E-state index is 0.163. The largest absolute Gasteiger partial charge is 0.484 e. The predicted molar refractivity (Wildman–Crippen MR) is 95.4 cm³/mol. The summed E-state index contributed by atoms with van der Waals surface area (Å²) in [6, 6.07) is 14.9. The Labute approximate surface area is 149 Å². The van der Waals surface area contributed by atoms with Crippen molar-refractivity contribution >= 4 is 27.7 Å². The Morgan fingerprint density at radius 1 is 0.917 bits per heavy atom. The second kappa shape index (κ2) is 9.08. The van der Waals surface area contributed by atoms with Crippen molar-refractivity contribution < 1.29 is 14.3 Å². The number of carbonyl (C=O) groups excluding carboxylic acids is 2. The van der Waals surface area contributed by atoms with Crippen LogP contribution in [0.15, 0.2) is 53.0 Å². The second-order valence-electron chi connectivity index (χ2n) is 5.19. The van der Waals surface area contributed by atoms with E-state index in [2.05, 4.69) is 33.7 Å². The number of hydrogen-bond donors (Lipinski definition) is 2. The first kappa shape index (κ1) is 18.0. The fourth-order valence-corrected chi connectivity index (χ4v) is 2.24. The van der Waals surface area contributed by atoms with Crippen molar-refractivity contribution in [3.05, 3.63) is 64.1 Å². The van der Waals surface area contributed by atoms with Gasteiger partial charge in [-0.25, -0.2) is 0 Å². The molecule has 0 atom stereocenters. The summed E-state index contributed by atoms with van der Waals surface area (Å²) in [7, 11) is 0. The summed E-state index contributed by atoms with van der Waals surface area (Å²) in [5.74, 6) is -0.0970. The summed E-state index contributed by atoms with van der Waals surface area (Å²) >= 11 is 3.33. The first-order valence-electron chi connectivity index (χ1n) is 7.60. The van der Waals surface area contributed by atoms with Gasteiger partial charge in [-0.05, 0) is 41.8 Å². The molecule has 5 nitrogen and oxygen atoms in total. The molecule has 0 saturated heterocycles. The predicted octanol–water partition coefficient (Wildman–Crippen LogP) is 2.78. The zero-order valence-corrected chi connectivity index (χ0v) is 14.9. The lowest BCUT2D eigenvalue weighted by Crippen LogP contribution is -2.44. The van der Waals surface area contributed by atoms with Gasteiger partial charge in [0, 0.05) is 4.47 Å². The van der Waals surface area contributed by atoms with Gasteiger partial charge in [0.05, 0.1) is 6.42 Å². The van der Waals surface area contributed by atoms with Gasteiger partial charge < -0.3 is 4.74 Å². The average molecular weight is 391 g/mol. The second-order valence-corrected chi connectivity index (χ2v) is 6.10. The molecule has 126 valence electrons. The number of ether oxygens (including phenoxy) is 1. The Hall–Kier alpha value is -2.34. The number of benzene rings is 2. The summed E-state index contributed by atoms with van der Waals surface area (Å²) < 4.78 is 6.31. The van der Waals surface area contributed by atoms with Gasteiger partial charge >= 0.3 is 0 Å². The number of rotatable bonds is 6. The van der Waals surface area contributed by atoms with Crippen LogP contribution in [-0.2, 0) is 22.4 Å². The van der Waals surface area contributed by atoms with E-state index >= 15 is 0 Å². The quantitative estimate of drug-likeness (QED) is 0.745. The topological polar surface area (TPSA) is 67.4 Å². The van der Waals surface area contributed by atoms with Crippen molar-refractivity contribution in [2.24, 2.45) is 0 Å². The molecule has 0 aliphatic carbocycles. The highest BCUT2D eigenvalue weighted by Gasteiger charge is 2.07. The Balaban J connectivity index is 1.70. The van der Waals surface area contributed by atoms with E-state index in [1.807, 2.05) is 48.5 Å². The van der Waals surface area contributed by atoms with Gasteiger partial charge in [0.1, 0.15) is 5.75 Å². The van der Waals surface area contributed by atoms with Gasteiger partial charge in [-0.2, -0.15) is 0 Å². The average Bonchev–Trinajstić information content (AvgIpc) is 2.60. The maximum absolute atomic E-state index is 11.8. The number of amides is 2. The Morgan fingerprint density at radius 3 is 2.12 bits per heavy atom. The van der Waals surface area contributed by atoms with Crippen LogP contribution in [0.1, 0.15) is 18.1 Å². The zero-order valence-electron chi connectivity index (χ0n) is 13.3. The van der Waals surface area contributed by atoms with E-state index in [-0.39, 0.29) is 18.9 Å². The molecule has 2 aromatic carbocycles. The van der Waals surface area contributed by atoms with E-state index in [0.29, 0.717) is 5.75 Å². The zero-order chi connectivity index (χ0) is 17.4. The number of hydrazine groups is 1. The Morgan fingerprint density at radius 2 is 1.50 bits per heavy atom. The number of aryl methyl sites for hydroxylation is 1. The fourth-order valence-electron chi connectivity index (χ4n) is 1.98. The van der Waals surface area contributed by atoms with Gasteiger partial charge in [-0.15, -0.1) is 0 Å². The highest BCUT2D eigenvalue weighted by Crippen LogP contribution is 2.12. The first-order valence-corrected chi connectivity index (χ1v) is 8.40. The Bertz CT molecular complexity index is 684. The Kier molecular flexibility index (Phi) is 6.81. The molecule has 0 fully saturated rings. The third-order valence-electron chi connectivity index (χ3n) is 3.32. The number of halogens is 1. The lowest BCUT2D eigenvalue weighted by atomic mass is 10.1. The van der Waals surface area contributed by atoms with Gasteiger partial charge in [0.2, 0.25) is 5.91 Å². The van der Waals surface area contributed by atoms with E-state index in [4.69, 9.17) is 4.74 Å². The molecule has 0 saturated carbocycles. The molecule has 2 aromatic rings. The van der Waals surface area contributed by atoms with Crippen molar-refractivity contribution in [1.29, 1.82) is 0 Å². The molecule has 2 amide bonds. The molecule has 0 aliphatic rings. The van der Waals surface area contributed by atoms with Crippen LogP contribution < -0.4 is 15.6 Å². The molecule has 6 heteroatoms. The molecule has 0 heterocycles. The van der Waals surface area contributed by atoms with Crippen LogP contribution in [0.3, 0.4) is 0 Å². The van der Waals surface area contributed by atoms with E-state index < -0.39 is 5.91 Å². The van der Waals surface area contributed by atoms with Crippen LogP contribution in [0.2, 0.25) is 0 Å². The molecule has 0 aliphatic heterocycles. The summed E-state index contributed by atoms with van der Waals surface area (Å²) in [5, 5.41) is 0. The highest BCUT2D eigenvalue weighted by atomic mass is 79.9. The molecular formula is C18H19BrN2O3. The molecule has 0 aromatic heterocycles. The van der Waals surface area contributed by atoms with Gasteiger partial charge in [-0.3, -0.25) is 20.4 Å². The monoisotopic (exact) mass is 390 g/mol. The maximum Gasteiger partial charge on any atom is 0.276 e. The van der Waals surface area contributed by atoms with Crippen molar-refractivity contribution in [2.45, 2.75) is 19.8 Å². The van der Waals surface area contributed by atoms with Gasteiger partial charge in [-0.1, -0.05) is 47.1 Å². The van der Waals surface area contributed by atoms with Crippen LogP contribution in [0.25, 0.3) is 0 Å². The van der Waals surface area contributed by atoms with Crippen LogP contribution in [0, 0.1) is 0 Å². The van der Waals surface area contributed by atoms with Crippen molar-refractivity contribution in [1.82, 2.24) is 10.9 Å². The lowest BCUT2D eigenvalue weighted by molar-refractivity contribution is -0.129. The van der Waals surface area contributed by atoms with Crippen LogP contribution >= 0.6 is 15.9 Å². The summed E-state index contributed by atoms with van der Waals surface area (Å²) in [6.45, 7) is 1.91. The number of nitrogens with one attached hydrogen (secondary N) is 2. The highest BCUT2D eigenvalue weighted by molar-refractivity contribution is 9.10. The minimum Gasteiger partial charge on any atom is -0.484 e. The fraction of sp³-hybridized carbons (Fsp3) is 0.222. The van der Waals surface area contributed by atoms with Crippen molar-refractivity contribution in [2.75, 3.05) is 6.61 Å². The third kappa shape index (κ3) is 6.04. The molecule has 2 rings (SSSR count). The van der Waals surface area contributed by atoms with Crippen molar-refractivity contribution in [3.8, 4) is 5.75 Å². The summed E-state index contributed by atoms with van der Waals surface area (Å²) in [6.07, 6.45) is 1.14. The smallest absolute Gasteiger partial charge is 0.276 e. The molecule has 0 spiro atoms. The standard InChI is InChI=1S/C18H19BrN2O3/c1-2-13-5-9-16(10-6-13)24-12-18(23)21-20-17(22)11-14-3-7-15(19)8-4-14/h3-10H,2,11-12H2,1H3,(H,20,22)(H,21,23). The van der Waals surface area contributed by atoms with Crippen LogP contribution in [0.5, 0.6) is 5.75 Å². The summed E-state index contributed by atoms with van der Waals surface area (Å²) in [5.41, 5.74) is 6.76. The van der Waals surface area contributed by atoms with E-state index in [0.717, 1.165) is 16.5 Å². The van der Waals surface area contributed by atoms with Gasteiger partial charge in [0.15, 0.2) is 6.61 Å². The van der Waals surface area contributed by atoms with Crippen LogP contribution in [0.4, 0.5) is 0 Å². The molecule has 0 bridgehead atoms. The van der Waals surface area contributed by atoms with Gasteiger partial charge in [0.25, 0.3) is 5.91 Å². The number of carbonyl (C=O) groups is 2. The normalized spacial score (nSPS) is 10.1.